The molecule has 0 spiro atoms. The van der Waals surface area contributed by atoms with Crippen LogP contribution in [0.5, 0.6) is 0 Å². The maximum atomic E-state index is 12.6. The average molecular weight is 531 g/mol. The lowest BCUT2D eigenvalue weighted by Crippen LogP contribution is -2.13. The van der Waals surface area contributed by atoms with Crippen molar-refractivity contribution in [3.8, 4) is 0 Å². The van der Waals surface area contributed by atoms with E-state index in [4.69, 9.17) is 9.47 Å². The van der Waals surface area contributed by atoms with Crippen LogP contribution in [-0.2, 0) is 9.47 Å². The summed E-state index contributed by atoms with van der Waals surface area (Å²) >= 11 is 0. The molecule has 0 amide bonds. The first-order valence-corrected chi connectivity index (χ1v) is 16.8. The Bertz CT molecular complexity index is 596. The maximum absolute atomic E-state index is 12.6. The predicted octanol–water partition coefficient (Wildman–Crippen LogP) is 11.7. The monoisotopic (exact) mass is 530 g/mol. The molecule has 3 heteroatoms. The quantitative estimate of drug-likeness (QED) is 0.268. The Morgan fingerprint density at radius 3 is 1.16 bits per heavy atom. The molecular weight excluding hydrogens is 468 g/mol. The smallest absolute Gasteiger partial charge is 0.430 e. The van der Waals surface area contributed by atoms with Crippen LogP contribution in [0, 0.1) is 11.8 Å². The van der Waals surface area contributed by atoms with Crippen LogP contribution in [0.2, 0.25) is 0 Å². The molecule has 0 aromatic rings. The summed E-state index contributed by atoms with van der Waals surface area (Å²) in [7, 11) is 0. The van der Waals surface area contributed by atoms with Crippen molar-refractivity contribution in [3.05, 3.63) is 23.3 Å². The Morgan fingerprint density at radius 1 is 0.526 bits per heavy atom. The van der Waals surface area contributed by atoms with Crippen molar-refractivity contribution in [2.45, 2.75) is 168 Å². The summed E-state index contributed by atoms with van der Waals surface area (Å²) < 4.78 is 11.3. The average Bonchev–Trinajstić information content (AvgIpc) is 2.91. The van der Waals surface area contributed by atoms with Crippen molar-refractivity contribution < 1.29 is 14.3 Å². The zero-order valence-electron chi connectivity index (χ0n) is 25.4. The molecule has 0 heterocycles. The van der Waals surface area contributed by atoms with E-state index in [0.717, 1.165) is 12.8 Å². The summed E-state index contributed by atoms with van der Waals surface area (Å²) in [5.41, 5.74) is 2.57. The Morgan fingerprint density at radius 2 is 0.816 bits per heavy atom. The van der Waals surface area contributed by atoms with Crippen molar-refractivity contribution in [2.24, 2.45) is 11.8 Å². The van der Waals surface area contributed by atoms with E-state index in [9.17, 15) is 4.79 Å². The van der Waals surface area contributed by atoms with Gasteiger partial charge in [-0.1, -0.05) is 142 Å². The largest absolute Gasteiger partial charge is 0.508 e. The number of rotatable bonds is 4. The molecule has 0 saturated heterocycles. The molecular formula is C35H62O3. The third-order valence-electron chi connectivity index (χ3n) is 8.61. The minimum Gasteiger partial charge on any atom is -0.430 e. The third kappa shape index (κ3) is 18.1. The van der Waals surface area contributed by atoms with Crippen molar-refractivity contribution in [1.29, 1.82) is 0 Å². The fourth-order valence-corrected chi connectivity index (χ4v) is 6.19. The molecule has 2 aliphatic carbocycles. The number of hydrogen-bond acceptors (Lipinski definition) is 3. The molecule has 0 aromatic heterocycles. The Kier molecular flexibility index (Phi) is 19.6. The van der Waals surface area contributed by atoms with Gasteiger partial charge in [-0.3, -0.25) is 0 Å². The standard InChI is InChI=1S/C35H62O3/c1-31-23-19-15-11-7-3-5-9-13-17-21-25-33(27-31)29-37-35(36)38-30-34-26-22-18-14-10-6-4-8-12-16-20-24-32(2)28-34/h27-28,31-32H,3-26,29-30H2,1-2H3/b33-27+,34-28+/t31-,32-/m1/s1. The number of allylic oxidation sites excluding steroid dienone is 2. The number of carbonyl (C=O) groups is 1. The highest BCUT2D eigenvalue weighted by Gasteiger charge is 2.11. The molecule has 220 valence electrons. The van der Waals surface area contributed by atoms with Crippen LogP contribution in [0.4, 0.5) is 4.79 Å². The van der Waals surface area contributed by atoms with Crippen LogP contribution in [-0.4, -0.2) is 19.4 Å². The van der Waals surface area contributed by atoms with Crippen molar-refractivity contribution in [1.82, 2.24) is 0 Å². The van der Waals surface area contributed by atoms with Gasteiger partial charge < -0.3 is 9.47 Å². The molecule has 0 N–H and O–H groups in total. The van der Waals surface area contributed by atoms with E-state index < -0.39 is 6.16 Å². The van der Waals surface area contributed by atoms with Gasteiger partial charge in [-0.05, 0) is 61.5 Å². The Hall–Kier alpha value is -1.25. The van der Waals surface area contributed by atoms with Gasteiger partial charge in [-0.25, -0.2) is 4.79 Å². The molecule has 0 radical (unpaired) electrons. The zero-order chi connectivity index (χ0) is 27.1. The van der Waals surface area contributed by atoms with E-state index in [1.165, 1.54) is 152 Å². The van der Waals surface area contributed by atoms with Crippen LogP contribution in [0.25, 0.3) is 0 Å². The molecule has 0 aromatic carbocycles. The van der Waals surface area contributed by atoms with E-state index in [1.54, 1.807) is 0 Å². The zero-order valence-corrected chi connectivity index (χ0v) is 25.4. The summed E-state index contributed by atoms with van der Waals surface area (Å²) in [6.07, 6.45) is 35.7. The Labute approximate surface area is 236 Å². The van der Waals surface area contributed by atoms with Crippen molar-refractivity contribution >= 4 is 6.16 Å². The van der Waals surface area contributed by atoms with Gasteiger partial charge in [0.1, 0.15) is 13.2 Å². The molecule has 2 aliphatic rings. The predicted molar refractivity (Wildman–Crippen MR) is 163 cm³/mol. The minimum absolute atomic E-state index is 0.388. The lowest BCUT2D eigenvalue weighted by Gasteiger charge is -2.15. The summed E-state index contributed by atoms with van der Waals surface area (Å²) in [5.74, 6) is 1.10. The van der Waals surface area contributed by atoms with Crippen LogP contribution in [0.1, 0.15) is 168 Å². The number of ether oxygens (including phenoxy) is 2. The summed E-state index contributed by atoms with van der Waals surface area (Å²) in [5, 5.41) is 0. The number of hydrogen-bond donors (Lipinski definition) is 0. The van der Waals surface area contributed by atoms with E-state index in [0.29, 0.717) is 25.0 Å². The molecule has 0 aliphatic heterocycles. The highest BCUT2D eigenvalue weighted by molar-refractivity contribution is 5.60. The molecule has 0 fully saturated rings. The van der Waals surface area contributed by atoms with Gasteiger partial charge in [0.15, 0.2) is 0 Å². The molecule has 38 heavy (non-hydrogen) atoms. The van der Waals surface area contributed by atoms with Gasteiger partial charge in [0.05, 0.1) is 0 Å². The fourth-order valence-electron chi connectivity index (χ4n) is 6.19. The fraction of sp³-hybridized carbons (Fsp3) is 0.857. The van der Waals surface area contributed by atoms with Crippen LogP contribution in [0.3, 0.4) is 0 Å². The van der Waals surface area contributed by atoms with Crippen LogP contribution in [0.15, 0.2) is 23.3 Å². The lowest BCUT2D eigenvalue weighted by atomic mass is 9.98. The highest BCUT2D eigenvalue weighted by Crippen LogP contribution is 2.22. The first-order valence-electron chi connectivity index (χ1n) is 16.8. The molecule has 2 atom stereocenters. The summed E-state index contributed by atoms with van der Waals surface area (Å²) in [4.78, 5) is 12.6. The Balaban J connectivity index is 1.83. The first-order chi connectivity index (χ1) is 18.6. The lowest BCUT2D eigenvalue weighted by molar-refractivity contribution is 0.0668. The van der Waals surface area contributed by atoms with E-state index in [-0.39, 0.29) is 0 Å². The second-order valence-electron chi connectivity index (χ2n) is 12.6. The summed E-state index contributed by atoms with van der Waals surface area (Å²) in [6, 6.07) is 0. The van der Waals surface area contributed by atoms with Gasteiger partial charge in [-0.2, -0.15) is 0 Å². The van der Waals surface area contributed by atoms with Crippen molar-refractivity contribution in [3.63, 3.8) is 0 Å². The van der Waals surface area contributed by atoms with E-state index in [1.807, 2.05) is 0 Å². The van der Waals surface area contributed by atoms with Gasteiger partial charge in [-0.15, -0.1) is 0 Å². The van der Waals surface area contributed by atoms with Gasteiger partial charge in [0, 0.05) is 0 Å². The molecule has 0 bridgehead atoms. The SMILES string of the molecule is C[C@H]1/C=C(/COC(=O)OC/C2=C/[C@H](C)CCCCCCCCCCCC2)CCCCCCCCCCCC1. The first kappa shape index (κ1) is 33.0. The normalized spacial score (nSPS) is 28.1. The topological polar surface area (TPSA) is 35.5 Å². The highest BCUT2D eigenvalue weighted by atomic mass is 16.7. The molecule has 0 unspecified atom stereocenters. The minimum atomic E-state index is -0.501. The maximum Gasteiger partial charge on any atom is 0.508 e. The number of carbonyl (C=O) groups excluding carboxylic acids is 1. The second kappa shape index (κ2) is 22.6. The van der Waals surface area contributed by atoms with Gasteiger partial charge >= 0.3 is 6.16 Å². The third-order valence-corrected chi connectivity index (χ3v) is 8.61. The van der Waals surface area contributed by atoms with Crippen LogP contribution >= 0.6 is 0 Å². The van der Waals surface area contributed by atoms with Gasteiger partial charge in [0.25, 0.3) is 0 Å². The molecule has 2 rings (SSSR count). The summed E-state index contributed by atoms with van der Waals surface area (Å²) in [6.45, 7) is 5.41. The molecule has 0 saturated carbocycles. The molecule has 3 nitrogen and oxygen atoms in total. The van der Waals surface area contributed by atoms with Crippen molar-refractivity contribution in [2.75, 3.05) is 13.2 Å². The van der Waals surface area contributed by atoms with Gasteiger partial charge in [0.2, 0.25) is 0 Å². The van der Waals surface area contributed by atoms with Crippen LogP contribution < -0.4 is 0 Å². The van der Waals surface area contributed by atoms with E-state index >= 15 is 0 Å². The second-order valence-corrected chi connectivity index (χ2v) is 12.6. The van der Waals surface area contributed by atoms with E-state index in [2.05, 4.69) is 26.0 Å².